The van der Waals surface area contributed by atoms with Gasteiger partial charge >= 0.3 is 0 Å². The average molecular weight is 308 g/mol. The Morgan fingerprint density at radius 2 is 2.05 bits per heavy atom. The van der Waals surface area contributed by atoms with Crippen LogP contribution in [0.5, 0.6) is 0 Å². The third-order valence-corrected chi connectivity index (χ3v) is 4.56. The molecule has 0 saturated carbocycles. The summed E-state index contributed by atoms with van der Waals surface area (Å²) in [7, 11) is 0. The van der Waals surface area contributed by atoms with E-state index in [0.29, 0.717) is 13.1 Å². The summed E-state index contributed by atoms with van der Waals surface area (Å²) in [5.41, 5.74) is 0.913. The number of para-hydroxylation sites is 1. The lowest BCUT2D eigenvalue weighted by molar-refractivity contribution is -0.130. The van der Waals surface area contributed by atoms with Crippen LogP contribution in [-0.2, 0) is 17.8 Å². The van der Waals surface area contributed by atoms with Crippen molar-refractivity contribution in [3.05, 3.63) is 51.7 Å². The van der Waals surface area contributed by atoms with E-state index in [9.17, 15) is 13.6 Å². The highest BCUT2D eigenvalue weighted by Crippen LogP contribution is 2.24. The van der Waals surface area contributed by atoms with Crippen molar-refractivity contribution in [2.24, 2.45) is 0 Å². The highest BCUT2D eigenvalue weighted by molar-refractivity contribution is 7.10. The molecule has 110 valence electrons. The molecule has 21 heavy (non-hydrogen) atoms. The van der Waals surface area contributed by atoms with Gasteiger partial charge in [-0.05, 0) is 35.6 Å². The lowest BCUT2D eigenvalue weighted by atomic mass is 10.1. The molecule has 0 saturated heterocycles. The molecule has 1 aliphatic heterocycles. The van der Waals surface area contributed by atoms with Crippen LogP contribution >= 0.6 is 11.3 Å². The molecule has 1 aliphatic rings. The van der Waals surface area contributed by atoms with Gasteiger partial charge in [0.1, 0.15) is 17.3 Å². The summed E-state index contributed by atoms with van der Waals surface area (Å²) in [5, 5.41) is 4.58. The molecule has 1 aromatic heterocycles. The molecule has 1 amide bonds. The molecule has 0 aliphatic carbocycles. The number of hydrogen-bond donors (Lipinski definition) is 1. The fraction of sp³-hybridized carbons (Fsp3) is 0.267. The van der Waals surface area contributed by atoms with Crippen LogP contribution in [0.2, 0.25) is 0 Å². The molecule has 1 aromatic carbocycles. The summed E-state index contributed by atoms with van der Waals surface area (Å²) in [6.07, 6.45) is 0.840. The Labute approximate surface area is 125 Å². The van der Waals surface area contributed by atoms with Crippen molar-refractivity contribution < 1.29 is 13.6 Å². The highest BCUT2D eigenvalue weighted by atomic mass is 32.1. The van der Waals surface area contributed by atoms with Crippen LogP contribution in [0.4, 0.5) is 14.5 Å². The molecular weight excluding hydrogens is 294 g/mol. The second kappa shape index (κ2) is 5.81. The van der Waals surface area contributed by atoms with Crippen LogP contribution in [0.3, 0.4) is 0 Å². The van der Waals surface area contributed by atoms with Crippen LogP contribution in [0.25, 0.3) is 0 Å². The number of carbonyl (C=O) groups is 1. The first-order valence-corrected chi connectivity index (χ1v) is 7.54. The van der Waals surface area contributed by atoms with Gasteiger partial charge in [0.15, 0.2) is 0 Å². The molecule has 0 bridgehead atoms. The van der Waals surface area contributed by atoms with Crippen LogP contribution in [0, 0.1) is 11.6 Å². The minimum absolute atomic E-state index is 0.114. The smallest absolute Gasteiger partial charge is 0.242 e. The zero-order chi connectivity index (χ0) is 14.8. The predicted octanol–water partition coefficient (Wildman–Crippen LogP) is 3.02. The first-order valence-electron chi connectivity index (χ1n) is 6.66. The number of benzene rings is 1. The molecular formula is C15H14F2N2OS. The van der Waals surface area contributed by atoms with E-state index in [4.69, 9.17) is 0 Å². The van der Waals surface area contributed by atoms with E-state index < -0.39 is 11.6 Å². The van der Waals surface area contributed by atoms with E-state index in [1.807, 2.05) is 11.4 Å². The van der Waals surface area contributed by atoms with Crippen molar-refractivity contribution >= 4 is 22.9 Å². The van der Waals surface area contributed by atoms with Crippen molar-refractivity contribution in [2.45, 2.75) is 13.0 Å². The molecule has 2 aromatic rings. The van der Waals surface area contributed by atoms with Crippen LogP contribution in [0.15, 0.2) is 29.6 Å². The lowest BCUT2D eigenvalue weighted by Crippen LogP contribution is -2.39. The number of carbonyl (C=O) groups excluding carboxylic acids is 1. The largest absolute Gasteiger partial charge is 0.371 e. The normalized spacial score (nSPS) is 13.9. The third-order valence-electron chi connectivity index (χ3n) is 3.54. The first kappa shape index (κ1) is 14.0. The Morgan fingerprint density at radius 1 is 1.29 bits per heavy atom. The molecule has 0 spiro atoms. The van der Waals surface area contributed by atoms with Crippen LogP contribution < -0.4 is 5.32 Å². The Morgan fingerprint density at radius 3 is 2.81 bits per heavy atom. The molecule has 0 atom stereocenters. The number of hydrogen-bond acceptors (Lipinski definition) is 3. The maximum atomic E-state index is 13.5. The zero-order valence-corrected chi connectivity index (χ0v) is 12.1. The van der Waals surface area contributed by atoms with E-state index in [1.165, 1.54) is 10.9 Å². The molecule has 3 nitrogen and oxygen atoms in total. The summed E-state index contributed by atoms with van der Waals surface area (Å²) >= 11 is 1.70. The summed E-state index contributed by atoms with van der Waals surface area (Å²) in [5.74, 6) is -1.54. The van der Waals surface area contributed by atoms with E-state index >= 15 is 0 Å². The summed E-state index contributed by atoms with van der Waals surface area (Å²) in [6, 6.07) is 5.63. The predicted molar refractivity (Wildman–Crippen MR) is 78.3 cm³/mol. The van der Waals surface area contributed by atoms with Crippen molar-refractivity contribution in [3.63, 3.8) is 0 Å². The van der Waals surface area contributed by atoms with Crippen molar-refractivity contribution in [3.8, 4) is 0 Å². The number of halogens is 2. The Hall–Kier alpha value is -1.95. The number of fused-ring (bicyclic) bond motifs is 1. The standard InChI is InChI=1S/C15H14F2N2OS/c16-11-2-1-3-12(17)15(11)18-8-14(20)19-6-4-13-10(9-19)5-7-21-13/h1-3,5,7,18H,4,6,8-9H2. The second-order valence-electron chi connectivity index (χ2n) is 4.88. The van der Waals surface area contributed by atoms with Crippen LogP contribution in [-0.4, -0.2) is 23.9 Å². The van der Waals surface area contributed by atoms with E-state index in [2.05, 4.69) is 5.32 Å². The van der Waals surface area contributed by atoms with Crippen LogP contribution in [0.1, 0.15) is 10.4 Å². The van der Waals surface area contributed by atoms with E-state index in [0.717, 1.165) is 24.1 Å². The van der Waals surface area contributed by atoms with Crippen molar-refractivity contribution in [1.82, 2.24) is 4.90 Å². The molecule has 0 fully saturated rings. The molecule has 1 N–H and O–H groups in total. The van der Waals surface area contributed by atoms with Gasteiger partial charge in [-0.3, -0.25) is 4.79 Å². The number of nitrogens with zero attached hydrogens (tertiary/aromatic N) is 1. The zero-order valence-electron chi connectivity index (χ0n) is 11.2. The average Bonchev–Trinajstić information content (AvgIpc) is 2.93. The minimum atomic E-state index is -0.693. The van der Waals surface area contributed by atoms with Crippen molar-refractivity contribution in [1.29, 1.82) is 0 Å². The number of thiophene rings is 1. The molecule has 3 rings (SSSR count). The quantitative estimate of drug-likeness (QED) is 0.945. The summed E-state index contributed by atoms with van der Waals surface area (Å²) in [6.45, 7) is 1.10. The Kier molecular flexibility index (Phi) is 3.88. The third kappa shape index (κ3) is 2.90. The summed E-state index contributed by atoms with van der Waals surface area (Å²) < 4.78 is 26.9. The minimum Gasteiger partial charge on any atom is -0.371 e. The maximum Gasteiger partial charge on any atom is 0.242 e. The Bertz CT molecular complexity index is 651. The van der Waals surface area contributed by atoms with Gasteiger partial charge < -0.3 is 10.2 Å². The molecule has 2 heterocycles. The van der Waals surface area contributed by atoms with Gasteiger partial charge in [-0.15, -0.1) is 11.3 Å². The maximum absolute atomic E-state index is 13.5. The van der Waals surface area contributed by atoms with Gasteiger partial charge in [-0.25, -0.2) is 8.78 Å². The second-order valence-corrected chi connectivity index (χ2v) is 5.89. The molecule has 6 heteroatoms. The number of nitrogens with one attached hydrogen (secondary N) is 1. The first-order chi connectivity index (χ1) is 10.1. The van der Waals surface area contributed by atoms with E-state index in [-0.39, 0.29) is 18.1 Å². The lowest BCUT2D eigenvalue weighted by Gasteiger charge is -2.27. The van der Waals surface area contributed by atoms with Crippen molar-refractivity contribution in [2.75, 3.05) is 18.4 Å². The Balaban J connectivity index is 1.63. The SMILES string of the molecule is O=C(CNc1c(F)cccc1F)N1CCc2sccc2C1. The van der Waals surface area contributed by atoms with Gasteiger partial charge in [0.25, 0.3) is 0 Å². The fourth-order valence-electron chi connectivity index (χ4n) is 2.40. The topological polar surface area (TPSA) is 32.3 Å². The van der Waals surface area contributed by atoms with Gasteiger partial charge in [0, 0.05) is 18.0 Å². The number of anilines is 1. The summed E-state index contributed by atoms with van der Waals surface area (Å²) in [4.78, 5) is 15.2. The van der Waals surface area contributed by atoms with E-state index in [1.54, 1.807) is 16.2 Å². The molecule has 0 unspecified atom stereocenters. The number of amides is 1. The van der Waals surface area contributed by atoms with Gasteiger partial charge in [0.2, 0.25) is 5.91 Å². The van der Waals surface area contributed by atoms with Gasteiger partial charge in [0.05, 0.1) is 6.54 Å². The highest BCUT2D eigenvalue weighted by Gasteiger charge is 2.21. The van der Waals surface area contributed by atoms with Gasteiger partial charge in [-0.1, -0.05) is 6.07 Å². The number of rotatable bonds is 3. The van der Waals surface area contributed by atoms with Gasteiger partial charge in [-0.2, -0.15) is 0 Å². The fourth-order valence-corrected chi connectivity index (χ4v) is 3.29. The molecule has 0 radical (unpaired) electrons. The monoisotopic (exact) mass is 308 g/mol.